The van der Waals surface area contributed by atoms with Crippen LogP contribution in [0.15, 0.2) is 69.3 Å². The molecule has 0 spiro atoms. The van der Waals surface area contributed by atoms with Crippen molar-refractivity contribution in [2.24, 2.45) is 16.7 Å². The van der Waals surface area contributed by atoms with Gasteiger partial charge in [-0.15, -0.1) is 0 Å². The van der Waals surface area contributed by atoms with Gasteiger partial charge in [-0.1, -0.05) is 50.7 Å². The lowest BCUT2D eigenvalue weighted by Crippen LogP contribution is -2.53. The zero-order chi connectivity index (χ0) is 25.5. The van der Waals surface area contributed by atoms with E-state index >= 15 is 0 Å². The first kappa shape index (κ1) is 25.1. The molecule has 1 aromatic heterocycles. The quantitative estimate of drug-likeness (QED) is 0.377. The molecule has 6 heteroatoms. The molecular formula is C30H36N2O3S. The van der Waals surface area contributed by atoms with Crippen molar-refractivity contribution in [2.45, 2.75) is 75.3 Å². The van der Waals surface area contributed by atoms with Crippen LogP contribution in [0.4, 0.5) is 0 Å². The normalized spacial score (nSPS) is 24.3. The van der Waals surface area contributed by atoms with Crippen molar-refractivity contribution in [1.29, 1.82) is 0 Å². The summed E-state index contributed by atoms with van der Waals surface area (Å²) in [7, 11) is 0. The fourth-order valence-electron chi connectivity index (χ4n) is 6.67. The smallest absolute Gasteiger partial charge is 0.257 e. The molecule has 2 bridgehead atoms. The lowest BCUT2D eigenvalue weighted by atomic mass is 9.68. The van der Waals surface area contributed by atoms with E-state index in [1.54, 1.807) is 18.0 Å². The number of pyridine rings is 1. The Morgan fingerprint density at radius 3 is 2.58 bits per heavy atom. The van der Waals surface area contributed by atoms with Crippen LogP contribution in [-0.4, -0.2) is 28.2 Å². The topological polar surface area (TPSA) is 71.3 Å². The lowest BCUT2D eigenvalue weighted by Gasteiger charge is -2.43. The zero-order valence-corrected chi connectivity index (χ0v) is 22.2. The molecule has 0 aliphatic heterocycles. The lowest BCUT2D eigenvalue weighted by molar-refractivity contribution is 0.0736. The maximum absolute atomic E-state index is 13.6. The van der Waals surface area contributed by atoms with Crippen LogP contribution in [0.25, 0.3) is 10.9 Å². The monoisotopic (exact) mass is 504 g/mol. The van der Waals surface area contributed by atoms with Gasteiger partial charge < -0.3 is 15.0 Å². The van der Waals surface area contributed by atoms with Crippen molar-refractivity contribution in [3.8, 4) is 0 Å². The minimum absolute atomic E-state index is 0.0171. The number of amides is 1. The third kappa shape index (κ3) is 4.50. The van der Waals surface area contributed by atoms with E-state index in [1.807, 2.05) is 41.0 Å². The standard InChI is InChI=1S/C30H36N2O3S/c1-29(2)20-13-14-30(3,18-20)28(29)31-27(35)24-19-32(15-7-8-16-33)25-17-22(11-12-23(25)26(24)34)36-21-9-5-4-6-10-21/h4-6,9-12,17,19-20,28,33H,7-8,13-16,18H2,1-3H3,(H,31,35)/t20-,28+,30+/m0/s1. The number of fused-ring (bicyclic) bond motifs is 3. The highest BCUT2D eigenvalue weighted by Crippen LogP contribution is 2.62. The maximum Gasteiger partial charge on any atom is 0.257 e. The number of benzene rings is 2. The van der Waals surface area contributed by atoms with Crippen LogP contribution in [0.5, 0.6) is 0 Å². The second-order valence-corrected chi connectivity index (χ2v) is 12.6. The van der Waals surface area contributed by atoms with Crippen LogP contribution >= 0.6 is 11.8 Å². The number of carbonyl (C=O) groups excluding carboxylic acids is 1. The average Bonchev–Trinajstić information content (AvgIpc) is 3.35. The highest BCUT2D eigenvalue weighted by atomic mass is 32.2. The number of hydrogen-bond donors (Lipinski definition) is 2. The first-order valence-electron chi connectivity index (χ1n) is 13.0. The van der Waals surface area contributed by atoms with Gasteiger partial charge in [0.25, 0.3) is 5.91 Å². The van der Waals surface area contributed by atoms with Gasteiger partial charge in [-0.3, -0.25) is 9.59 Å². The van der Waals surface area contributed by atoms with Crippen LogP contribution < -0.4 is 10.7 Å². The number of nitrogens with zero attached hydrogens (tertiary/aromatic N) is 1. The Balaban J connectivity index is 1.50. The van der Waals surface area contributed by atoms with E-state index in [2.05, 4.69) is 38.2 Å². The van der Waals surface area contributed by atoms with Gasteiger partial charge in [-0.25, -0.2) is 0 Å². The highest BCUT2D eigenvalue weighted by Gasteiger charge is 2.59. The first-order chi connectivity index (χ1) is 17.2. The fourth-order valence-corrected chi connectivity index (χ4v) is 7.54. The van der Waals surface area contributed by atoms with Crippen molar-refractivity contribution in [2.75, 3.05) is 6.61 Å². The molecule has 2 aliphatic rings. The van der Waals surface area contributed by atoms with Gasteiger partial charge in [0.15, 0.2) is 0 Å². The molecule has 1 heterocycles. The van der Waals surface area contributed by atoms with Gasteiger partial charge in [0.1, 0.15) is 5.56 Å². The number of carbonyl (C=O) groups is 1. The molecule has 2 saturated carbocycles. The Hall–Kier alpha value is -2.57. The molecule has 2 aliphatic carbocycles. The second-order valence-electron chi connectivity index (χ2n) is 11.4. The predicted octanol–water partition coefficient (Wildman–Crippen LogP) is 5.87. The van der Waals surface area contributed by atoms with Crippen LogP contribution in [0, 0.1) is 16.7 Å². The minimum atomic E-state index is -0.271. The summed E-state index contributed by atoms with van der Waals surface area (Å²) in [4.78, 5) is 29.3. The van der Waals surface area contributed by atoms with E-state index in [0.717, 1.165) is 34.6 Å². The van der Waals surface area contributed by atoms with Gasteiger partial charge in [0, 0.05) is 40.6 Å². The van der Waals surface area contributed by atoms with Gasteiger partial charge >= 0.3 is 0 Å². The van der Waals surface area contributed by atoms with Crippen molar-refractivity contribution in [3.63, 3.8) is 0 Å². The summed E-state index contributed by atoms with van der Waals surface area (Å²) in [5.74, 6) is 0.340. The Kier molecular flexibility index (Phi) is 6.77. The van der Waals surface area contributed by atoms with Crippen LogP contribution in [0.2, 0.25) is 0 Å². The maximum atomic E-state index is 13.6. The van der Waals surface area contributed by atoms with E-state index in [-0.39, 0.29) is 40.4 Å². The molecular weight excluding hydrogens is 468 g/mol. The Morgan fingerprint density at radius 1 is 1.11 bits per heavy atom. The molecule has 2 aromatic carbocycles. The van der Waals surface area contributed by atoms with E-state index in [4.69, 9.17) is 0 Å². The summed E-state index contributed by atoms with van der Waals surface area (Å²) in [6.07, 6.45) is 6.64. The van der Waals surface area contributed by atoms with Crippen molar-refractivity contribution < 1.29 is 9.90 Å². The molecule has 36 heavy (non-hydrogen) atoms. The van der Waals surface area contributed by atoms with Crippen LogP contribution in [0.1, 0.15) is 63.2 Å². The average molecular weight is 505 g/mol. The van der Waals surface area contributed by atoms with Crippen LogP contribution in [0.3, 0.4) is 0 Å². The number of aromatic nitrogens is 1. The molecule has 2 fully saturated rings. The van der Waals surface area contributed by atoms with Gasteiger partial charge in [-0.05, 0) is 79.2 Å². The Morgan fingerprint density at radius 2 is 1.89 bits per heavy atom. The number of aliphatic hydroxyl groups is 1. The largest absolute Gasteiger partial charge is 0.396 e. The summed E-state index contributed by atoms with van der Waals surface area (Å²) >= 11 is 1.65. The van der Waals surface area contributed by atoms with Gasteiger partial charge in [0.2, 0.25) is 5.43 Å². The van der Waals surface area contributed by atoms with E-state index in [0.29, 0.717) is 24.3 Å². The molecule has 1 amide bonds. The number of rotatable bonds is 8. The molecule has 0 radical (unpaired) electrons. The number of nitrogens with one attached hydrogen (secondary N) is 1. The summed E-state index contributed by atoms with van der Waals surface area (Å²) in [6.45, 7) is 7.55. The molecule has 5 nitrogen and oxygen atoms in total. The highest BCUT2D eigenvalue weighted by molar-refractivity contribution is 7.99. The molecule has 3 aromatic rings. The summed E-state index contributed by atoms with van der Waals surface area (Å²) < 4.78 is 2.02. The number of aliphatic hydroxyl groups excluding tert-OH is 1. The first-order valence-corrected chi connectivity index (χ1v) is 13.9. The molecule has 0 saturated heterocycles. The molecule has 3 atom stereocenters. The minimum Gasteiger partial charge on any atom is -0.396 e. The predicted molar refractivity (Wildman–Crippen MR) is 146 cm³/mol. The fraction of sp³-hybridized carbons (Fsp3) is 0.467. The van der Waals surface area contributed by atoms with Crippen LogP contribution in [-0.2, 0) is 6.54 Å². The van der Waals surface area contributed by atoms with Crippen molar-refractivity contribution >= 4 is 28.6 Å². The zero-order valence-electron chi connectivity index (χ0n) is 21.4. The van der Waals surface area contributed by atoms with E-state index in [9.17, 15) is 14.7 Å². The van der Waals surface area contributed by atoms with Gasteiger partial charge in [-0.2, -0.15) is 0 Å². The molecule has 0 unspecified atom stereocenters. The van der Waals surface area contributed by atoms with E-state index < -0.39 is 0 Å². The molecule has 5 rings (SSSR count). The third-order valence-electron chi connectivity index (χ3n) is 8.63. The third-order valence-corrected chi connectivity index (χ3v) is 9.63. The second kappa shape index (κ2) is 9.71. The van der Waals surface area contributed by atoms with Crippen molar-refractivity contribution in [1.82, 2.24) is 9.88 Å². The molecule has 2 N–H and O–H groups in total. The van der Waals surface area contributed by atoms with Crippen molar-refractivity contribution in [3.05, 3.63) is 70.5 Å². The Labute approximate surface area is 217 Å². The molecule has 190 valence electrons. The number of aryl methyl sites for hydroxylation is 1. The summed E-state index contributed by atoms with van der Waals surface area (Å²) in [6, 6.07) is 16.0. The Bertz CT molecular complexity index is 1330. The van der Waals surface area contributed by atoms with Gasteiger partial charge in [0.05, 0.1) is 5.52 Å². The SMILES string of the molecule is CC1(C)[C@H]2CC[C@](C)(C2)[C@@H]1NC(=O)c1cn(CCCCO)c2cc(Sc3ccccc3)ccc2c1=O. The van der Waals surface area contributed by atoms with E-state index in [1.165, 1.54) is 6.42 Å². The number of unbranched alkanes of at least 4 members (excludes halogenated alkanes) is 1. The number of hydrogen-bond acceptors (Lipinski definition) is 4. The summed E-state index contributed by atoms with van der Waals surface area (Å²) in [5.41, 5.74) is 0.913. The summed E-state index contributed by atoms with van der Waals surface area (Å²) in [5, 5.41) is 13.2.